The van der Waals surface area contributed by atoms with Gasteiger partial charge in [-0.15, -0.1) is 0 Å². The van der Waals surface area contributed by atoms with E-state index in [2.05, 4.69) is 10.6 Å². The van der Waals surface area contributed by atoms with Crippen LogP contribution in [-0.2, 0) is 11.3 Å². The van der Waals surface area contributed by atoms with Crippen LogP contribution < -0.4 is 10.6 Å². The molecular formula is C23H21ClN2O. The fourth-order valence-electron chi connectivity index (χ4n) is 2.69. The van der Waals surface area contributed by atoms with Crippen LogP contribution in [0.15, 0.2) is 78.9 Å². The molecule has 0 aliphatic rings. The number of amides is 1. The zero-order valence-electron chi connectivity index (χ0n) is 15.1. The molecule has 3 nitrogen and oxygen atoms in total. The van der Waals surface area contributed by atoms with E-state index in [1.165, 1.54) is 5.56 Å². The third-order valence-electron chi connectivity index (χ3n) is 4.12. The standard InChI is InChI=1S/C23H21ClN2O/c1-25-16-18-4-13-22(14-5-18)26-23(27)15-6-17-2-7-19(8-3-17)20-9-11-21(24)12-10-20/h2-15,25H,16H2,1H3,(H,26,27)/b15-6+. The van der Waals surface area contributed by atoms with E-state index in [0.717, 1.165) is 33.9 Å². The Bertz CT molecular complexity index is 914. The summed E-state index contributed by atoms with van der Waals surface area (Å²) < 4.78 is 0. The summed E-state index contributed by atoms with van der Waals surface area (Å²) in [4.78, 5) is 12.1. The summed E-state index contributed by atoms with van der Waals surface area (Å²) in [7, 11) is 1.91. The summed E-state index contributed by atoms with van der Waals surface area (Å²) >= 11 is 5.93. The number of nitrogens with one attached hydrogen (secondary N) is 2. The van der Waals surface area contributed by atoms with E-state index in [0.29, 0.717) is 0 Å². The minimum atomic E-state index is -0.154. The lowest BCUT2D eigenvalue weighted by atomic mass is 10.0. The maximum Gasteiger partial charge on any atom is 0.248 e. The molecule has 3 rings (SSSR count). The van der Waals surface area contributed by atoms with E-state index < -0.39 is 0 Å². The molecule has 3 aromatic rings. The van der Waals surface area contributed by atoms with Gasteiger partial charge in [0.1, 0.15) is 0 Å². The molecule has 136 valence electrons. The Labute approximate surface area is 164 Å². The van der Waals surface area contributed by atoms with Crippen LogP contribution in [0.25, 0.3) is 17.2 Å². The van der Waals surface area contributed by atoms with Crippen LogP contribution in [0.2, 0.25) is 5.02 Å². The average molecular weight is 377 g/mol. The van der Waals surface area contributed by atoms with Gasteiger partial charge >= 0.3 is 0 Å². The maximum atomic E-state index is 12.1. The number of hydrogen-bond acceptors (Lipinski definition) is 2. The number of hydrogen-bond donors (Lipinski definition) is 2. The van der Waals surface area contributed by atoms with Crippen molar-refractivity contribution in [2.24, 2.45) is 0 Å². The smallest absolute Gasteiger partial charge is 0.248 e. The highest BCUT2D eigenvalue weighted by molar-refractivity contribution is 6.30. The van der Waals surface area contributed by atoms with Crippen molar-refractivity contribution >= 4 is 29.3 Å². The number of rotatable bonds is 6. The van der Waals surface area contributed by atoms with Crippen LogP contribution >= 0.6 is 11.6 Å². The number of halogens is 1. The highest BCUT2D eigenvalue weighted by Crippen LogP contribution is 2.22. The van der Waals surface area contributed by atoms with Gasteiger partial charge in [-0.05, 0) is 59.6 Å². The Morgan fingerprint density at radius 2 is 1.48 bits per heavy atom. The number of benzene rings is 3. The molecule has 27 heavy (non-hydrogen) atoms. The summed E-state index contributed by atoms with van der Waals surface area (Å²) in [5, 5.41) is 6.68. The summed E-state index contributed by atoms with van der Waals surface area (Å²) in [6, 6.07) is 23.5. The first-order valence-electron chi connectivity index (χ1n) is 8.72. The average Bonchev–Trinajstić information content (AvgIpc) is 2.69. The van der Waals surface area contributed by atoms with E-state index in [4.69, 9.17) is 11.6 Å². The van der Waals surface area contributed by atoms with Crippen LogP contribution in [-0.4, -0.2) is 13.0 Å². The van der Waals surface area contributed by atoms with E-state index in [1.54, 1.807) is 12.2 Å². The summed E-state index contributed by atoms with van der Waals surface area (Å²) in [6.07, 6.45) is 3.34. The van der Waals surface area contributed by atoms with Gasteiger partial charge in [-0.2, -0.15) is 0 Å². The first-order valence-corrected chi connectivity index (χ1v) is 9.10. The zero-order valence-corrected chi connectivity index (χ0v) is 15.8. The van der Waals surface area contributed by atoms with Crippen molar-refractivity contribution in [2.75, 3.05) is 12.4 Å². The fraction of sp³-hybridized carbons (Fsp3) is 0.0870. The third kappa shape index (κ3) is 5.55. The van der Waals surface area contributed by atoms with Gasteiger partial charge in [0.05, 0.1) is 0 Å². The Kier molecular flexibility index (Phi) is 6.42. The van der Waals surface area contributed by atoms with Crippen LogP contribution in [0.3, 0.4) is 0 Å². The molecule has 0 aliphatic carbocycles. The topological polar surface area (TPSA) is 41.1 Å². The molecular weight excluding hydrogens is 356 g/mol. The number of carbonyl (C=O) groups is 1. The molecule has 0 radical (unpaired) electrons. The first-order chi connectivity index (χ1) is 13.1. The van der Waals surface area contributed by atoms with Crippen molar-refractivity contribution in [1.82, 2.24) is 5.32 Å². The molecule has 0 atom stereocenters. The molecule has 0 fully saturated rings. The Balaban J connectivity index is 1.59. The monoisotopic (exact) mass is 376 g/mol. The van der Waals surface area contributed by atoms with Crippen molar-refractivity contribution in [3.05, 3.63) is 95.0 Å². The molecule has 0 aliphatic heterocycles. The lowest BCUT2D eigenvalue weighted by Crippen LogP contribution is -2.08. The lowest BCUT2D eigenvalue weighted by Gasteiger charge is -2.05. The number of carbonyl (C=O) groups excluding carboxylic acids is 1. The van der Waals surface area contributed by atoms with Crippen LogP contribution in [0, 0.1) is 0 Å². The predicted octanol–water partition coefficient (Wildman–Crippen LogP) is 5.38. The second-order valence-corrected chi connectivity index (χ2v) is 6.62. The van der Waals surface area contributed by atoms with Gasteiger partial charge in [0.15, 0.2) is 0 Å². The molecule has 0 spiro atoms. The van der Waals surface area contributed by atoms with E-state index in [1.807, 2.05) is 79.8 Å². The minimum absolute atomic E-state index is 0.154. The zero-order chi connectivity index (χ0) is 19.1. The van der Waals surface area contributed by atoms with Gasteiger partial charge in [0.25, 0.3) is 0 Å². The second kappa shape index (κ2) is 9.17. The number of anilines is 1. The van der Waals surface area contributed by atoms with Gasteiger partial charge < -0.3 is 10.6 Å². The third-order valence-corrected chi connectivity index (χ3v) is 4.37. The van der Waals surface area contributed by atoms with Crippen LogP contribution in [0.1, 0.15) is 11.1 Å². The molecule has 2 N–H and O–H groups in total. The minimum Gasteiger partial charge on any atom is -0.323 e. The van der Waals surface area contributed by atoms with Gasteiger partial charge in [-0.1, -0.05) is 60.1 Å². The summed E-state index contributed by atoms with van der Waals surface area (Å²) in [6.45, 7) is 0.806. The van der Waals surface area contributed by atoms with Gasteiger partial charge in [0, 0.05) is 23.3 Å². The van der Waals surface area contributed by atoms with Crippen molar-refractivity contribution in [3.8, 4) is 11.1 Å². The normalized spacial score (nSPS) is 10.9. The van der Waals surface area contributed by atoms with Crippen molar-refractivity contribution in [2.45, 2.75) is 6.54 Å². The molecule has 0 unspecified atom stereocenters. The fourth-order valence-corrected chi connectivity index (χ4v) is 2.82. The van der Waals surface area contributed by atoms with E-state index in [-0.39, 0.29) is 5.91 Å². The van der Waals surface area contributed by atoms with Gasteiger partial charge in [-0.3, -0.25) is 4.79 Å². The van der Waals surface area contributed by atoms with Crippen LogP contribution in [0.5, 0.6) is 0 Å². The molecule has 0 bridgehead atoms. The van der Waals surface area contributed by atoms with Crippen LogP contribution in [0.4, 0.5) is 5.69 Å². The summed E-state index contributed by atoms with van der Waals surface area (Å²) in [5.74, 6) is -0.154. The predicted molar refractivity (Wildman–Crippen MR) is 114 cm³/mol. The second-order valence-electron chi connectivity index (χ2n) is 6.18. The summed E-state index contributed by atoms with van der Waals surface area (Å²) in [5.41, 5.74) is 5.13. The van der Waals surface area contributed by atoms with E-state index >= 15 is 0 Å². The molecule has 0 heterocycles. The van der Waals surface area contributed by atoms with Gasteiger partial charge in [-0.25, -0.2) is 0 Å². The Morgan fingerprint density at radius 1 is 0.889 bits per heavy atom. The molecule has 1 amide bonds. The maximum absolute atomic E-state index is 12.1. The molecule has 0 aromatic heterocycles. The molecule has 3 aromatic carbocycles. The highest BCUT2D eigenvalue weighted by Gasteiger charge is 2.00. The highest BCUT2D eigenvalue weighted by atomic mass is 35.5. The molecule has 0 saturated carbocycles. The molecule has 4 heteroatoms. The lowest BCUT2D eigenvalue weighted by molar-refractivity contribution is -0.111. The van der Waals surface area contributed by atoms with Crippen molar-refractivity contribution < 1.29 is 4.79 Å². The first kappa shape index (κ1) is 18.9. The largest absolute Gasteiger partial charge is 0.323 e. The quantitative estimate of drug-likeness (QED) is 0.567. The molecule has 0 saturated heterocycles. The Morgan fingerprint density at radius 3 is 2.07 bits per heavy atom. The van der Waals surface area contributed by atoms with E-state index in [9.17, 15) is 4.79 Å². The van der Waals surface area contributed by atoms with Crippen molar-refractivity contribution in [3.63, 3.8) is 0 Å². The van der Waals surface area contributed by atoms with Crippen molar-refractivity contribution in [1.29, 1.82) is 0 Å². The Hall–Kier alpha value is -2.88. The SMILES string of the molecule is CNCc1ccc(NC(=O)/C=C/c2ccc(-c3ccc(Cl)cc3)cc2)cc1. The van der Waals surface area contributed by atoms with Gasteiger partial charge in [0.2, 0.25) is 5.91 Å².